The van der Waals surface area contributed by atoms with Gasteiger partial charge in [0.1, 0.15) is 0 Å². The number of aromatic nitrogens is 1. The van der Waals surface area contributed by atoms with Crippen LogP contribution in [0.2, 0.25) is 0 Å². The van der Waals surface area contributed by atoms with Crippen molar-refractivity contribution in [2.24, 2.45) is 0 Å². The molecule has 1 aromatic heterocycles. The van der Waals surface area contributed by atoms with Gasteiger partial charge in [-0.1, -0.05) is 133 Å². The third-order valence-corrected chi connectivity index (χ3v) is 8.86. The molecule has 0 amide bonds. The van der Waals surface area contributed by atoms with Gasteiger partial charge in [0.25, 0.3) is 0 Å². The summed E-state index contributed by atoms with van der Waals surface area (Å²) < 4.78 is 0. The summed E-state index contributed by atoms with van der Waals surface area (Å²) in [5, 5.41) is 6.35. The highest BCUT2D eigenvalue weighted by Crippen LogP contribution is 2.58. The first-order valence-corrected chi connectivity index (χ1v) is 14.5. The Morgan fingerprint density at radius 3 is 1.50 bits per heavy atom. The van der Waals surface area contributed by atoms with Gasteiger partial charge < -0.3 is 0 Å². The van der Waals surface area contributed by atoms with Crippen LogP contribution in [0.3, 0.4) is 0 Å². The maximum Gasteiger partial charge on any atom is 0.0708 e. The van der Waals surface area contributed by atoms with Gasteiger partial charge in [-0.05, 0) is 89.3 Å². The zero-order chi connectivity index (χ0) is 27.6. The van der Waals surface area contributed by atoms with Crippen molar-refractivity contribution in [2.45, 2.75) is 0 Å². The zero-order valence-electron chi connectivity index (χ0n) is 22.9. The van der Waals surface area contributed by atoms with Crippen molar-refractivity contribution in [3.8, 4) is 55.6 Å². The lowest BCUT2D eigenvalue weighted by Gasteiger charge is -2.20. The van der Waals surface area contributed by atoms with Crippen LogP contribution in [0, 0.1) is 0 Å². The van der Waals surface area contributed by atoms with Crippen LogP contribution in [-0.4, -0.2) is 4.98 Å². The fraction of sp³-hybridized carbons (Fsp3) is 0. The molecule has 0 atom stereocenters. The predicted molar refractivity (Wildman–Crippen MR) is 177 cm³/mol. The molecule has 1 heteroatoms. The van der Waals surface area contributed by atoms with Crippen molar-refractivity contribution in [2.75, 3.05) is 0 Å². The van der Waals surface area contributed by atoms with E-state index >= 15 is 0 Å². The van der Waals surface area contributed by atoms with Gasteiger partial charge in [-0.3, -0.25) is 4.98 Å². The first-order valence-electron chi connectivity index (χ1n) is 14.5. The summed E-state index contributed by atoms with van der Waals surface area (Å²) in [5.41, 5.74) is 13.9. The Balaban J connectivity index is 1.46. The zero-order valence-corrected chi connectivity index (χ0v) is 22.9. The average molecular weight is 532 g/mol. The van der Waals surface area contributed by atoms with Gasteiger partial charge in [-0.2, -0.15) is 0 Å². The van der Waals surface area contributed by atoms with E-state index in [1.165, 1.54) is 82.6 Å². The third kappa shape index (κ3) is 3.22. The van der Waals surface area contributed by atoms with E-state index in [9.17, 15) is 0 Å². The highest BCUT2D eigenvalue weighted by Gasteiger charge is 2.31. The number of hydrogen-bond donors (Lipinski definition) is 0. The Morgan fingerprint density at radius 2 is 0.810 bits per heavy atom. The van der Waals surface area contributed by atoms with Crippen LogP contribution in [0.5, 0.6) is 0 Å². The lowest BCUT2D eigenvalue weighted by atomic mass is 9.82. The van der Waals surface area contributed by atoms with Crippen molar-refractivity contribution >= 4 is 32.4 Å². The minimum Gasteiger partial charge on any atom is -0.256 e. The molecular weight excluding hydrogens is 506 g/mol. The number of nitrogens with zero attached hydrogens (tertiary/aromatic N) is 1. The summed E-state index contributed by atoms with van der Waals surface area (Å²) in [5.74, 6) is 0. The van der Waals surface area contributed by atoms with E-state index in [4.69, 9.17) is 0 Å². The molecule has 1 aliphatic rings. The predicted octanol–water partition coefficient (Wildman–Crippen LogP) is 11.2. The Morgan fingerprint density at radius 1 is 0.310 bits per heavy atom. The minimum atomic E-state index is 1.02. The Kier molecular flexibility index (Phi) is 4.97. The van der Waals surface area contributed by atoms with Gasteiger partial charge in [-0.15, -0.1) is 0 Å². The van der Waals surface area contributed by atoms with Gasteiger partial charge >= 0.3 is 0 Å². The molecule has 0 fully saturated rings. The first-order chi connectivity index (χ1) is 20.9. The van der Waals surface area contributed by atoms with Crippen LogP contribution >= 0.6 is 0 Å². The van der Waals surface area contributed by atoms with Crippen molar-refractivity contribution in [3.05, 3.63) is 152 Å². The van der Waals surface area contributed by atoms with Crippen LogP contribution in [0.25, 0.3) is 88.1 Å². The van der Waals surface area contributed by atoms with Crippen LogP contribution in [0.4, 0.5) is 0 Å². The maximum absolute atomic E-state index is 4.65. The monoisotopic (exact) mass is 531 g/mol. The highest BCUT2D eigenvalue weighted by molar-refractivity contribution is 6.29. The maximum atomic E-state index is 4.65. The molecule has 9 rings (SSSR count). The van der Waals surface area contributed by atoms with E-state index < -0.39 is 0 Å². The largest absolute Gasteiger partial charge is 0.256 e. The second-order valence-corrected chi connectivity index (χ2v) is 11.0. The number of fused-ring (bicyclic) bond motifs is 5. The molecule has 1 nitrogen and oxygen atoms in total. The fourth-order valence-electron chi connectivity index (χ4n) is 7.18. The third-order valence-electron chi connectivity index (χ3n) is 8.86. The van der Waals surface area contributed by atoms with Gasteiger partial charge in [0.05, 0.1) is 5.52 Å². The molecule has 0 radical (unpaired) electrons. The molecule has 1 aliphatic carbocycles. The molecule has 7 aromatic carbocycles. The SMILES string of the molecule is c1ccc(-c2c3c(c(-c4ccccc4)c4ccccc24)-c2ccc(-c4cccc5ncccc45)c4cccc-3c24)cc1. The molecule has 0 bridgehead atoms. The molecule has 0 aliphatic heterocycles. The van der Waals surface area contributed by atoms with Crippen molar-refractivity contribution in [3.63, 3.8) is 0 Å². The van der Waals surface area contributed by atoms with Crippen LogP contribution < -0.4 is 0 Å². The summed E-state index contributed by atoms with van der Waals surface area (Å²) in [6.07, 6.45) is 1.87. The second kappa shape index (κ2) is 8.99. The van der Waals surface area contributed by atoms with Crippen molar-refractivity contribution < 1.29 is 0 Å². The van der Waals surface area contributed by atoms with Crippen molar-refractivity contribution in [1.82, 2.24) is 4.98 Å². The van der Waals surface area contributed by atoms with E-state index in [-0.39, 0.29) is 0 Å². The van der Waals surface area contributed by atoms with Gasteiger partial charge in [0.15, 0.2) is 0 Å². The van der Waals surface area contributed by atoms with E-state index in [0.717, 1.165) is 5.52 Å². The van der Waals surface area contributed by atoms with E-state index in [1.807, 2.05) is 12.3 Å². The van der Waals surface area contributed by atoms with E-state index in [0.29, 0.717) is 0 Å². The number of benzene rings is 7. The lowest BCUT2D eigenvalue weighted by Crippen LogP contribution is -1.93. The standard InChI is InChI=1S/C41H25N/c1-3-12-26(13-4-1)37-32-16-7-8-17-33(32)38(27-14-5-2-6-15-27)41-35-24-23-29(31-19-9-20-34(39(31)35)40(37)41)28-18-10-22-36-30(28)21-11-25-42-36/h1-25H. The van der Waals surface area contributed by atoms with Crippen LogP contribution in [0.1, 0.15) is 0 Å². The van der Waals surface area contributed by atoms with Gasteiger partial charge in [-0.25, -0.2) is 0 Å². The summed E-state index contributed by atoms with van der Waals surface area (Å²) in [4.78, 5) is 4.65. The molecule has 0 N–H and O–H groups in total. The Bertz CT molecular complexity index is 2240. The van der Waals surface area contributed by atoms with Gasteiger partial charge in [0, 0.05) is 11.6 Å². The second-order valence-electron chi connectivity index (χ2n) is 11.0. The summed E-state index contributed by atoms with van der Waals surface area (Å²) in [7, 11) is 0. The molecule has 42 heavy (non-hydrogen) atoms. The fourth-order valence-corrected chi connectivity index (χ4v) is 7.18. The molecule has 0 unspecified atom stereocenters. The summed E-state index contributed by atoms with van der Waals surface area (Å²) in [6.45, 7) is 0. The topological polar surface area (TPSA) is 12.9 Å². The molecule has 1 heterocycles. The summed E-state index contributed by atoms with van der Waals surface area (Å²) in [6, 6.07) is 52.9. The average Bonchev–Trinajstić information content (AvgIpc) is 3.39. The quantitative estimate of drug-likeness (QED) is 0.221. The van der Waals surface area contributed by atoms with Gasteiger partial charge in [0.2, 0.25) is 0 Å². The molecular formula is C41H25N. The first kappa shape index (κ1) is 23.2. The molecule has 0 spiro atoms. The minimum absolute atomic E-state index is 1.02. The normalized spacial score (nSPS) is 11.8. The molecule has 8 aromatic rings. The number of rotatable bonds is 3. The molecule has 0 saturated heterocycles. The molecule has 194 valence electrons. The summed E-state index contributed by atoms with van der Waals surface area (Å²) >= 11 is 0. The van der Waals surface area contributed by atoms with Crippen LogP contribution in [0.15, 0.2) is 152 Å². The number of pyridine rings is 1. The van der Waals surface area contributed by atoms with E-state index in [1.54, 1.807) is 0 Å². The molecule has 0 saturated carbocycles. The number of hydrogen-bond acceptors (Lipinski definition) is 1. The Labute approximate surface area is 244 Å². The lowest BCUT2D eigenvalue weighted by molar-refractivity contribution is 1.41. The van der Waals surface area contributed by atoms with E-state index in [2.05, 4.69) is 145 Å². The van der Waals surface area contributed by atoms with Crippen LogP contribution in [-0.2, 0) is 0 Å². The highest BCUT2D eigenvalue weighted by atomic mass is 14.6. The smallest absolute Gasteiger partial charge is 0.0708 e. The Hall–Kier alpha value is -5.53. The van der Waals surface area contributed by atoms with Crippen molar-refractivity contribution in [1.29, 1.82) is 0 Å².